The second-order valence-electron chi connectivity index (χ2n) is 4.35. The summed E-state index contributed by atoms with van der Waals surface area (Å²) in [6.45, 7) is 0. The maximum Gasteiger partial charge on any atom is 0.258 e. The Hall–Kier alpha value is -3.27. The highest BCUT2D eigenvalue weighted by Crippen LogP contribution is 2.26. The topological polar surface area (TPSA) is 84.8 Å². The average Bonchev–Trinajstić information content (AvgIpc) is 3.05. The lowest BCUT2D eigenvalue weighted by Crippen LogP contribution is -1.88. The smallest absolute Gasteiger partial charge is 0.258 e. The Balaban J connectivity index is 2.00. The zero-order valence-electron chi connectivity index (χ0n) is 11.4. The Labute approximate surface area is 124 Å². The molecule has 3 aromatic rings. The largest absolute Gasteiger partial charge is 0.497 e. The van der Waals surface area contributed by atoms with Gasteiger partial charge in [0.15, 0.2) is 0 Å². The predicted molar refractivity (Wildman–Crippen MR) is 74.2 cm³/mol. The molecule has 108 valence electrons. The Bertz CT molecular complexity index is 853. The highest BCUT2D eigenvalue weighted by Gasteiger charge is 2.13. The molecule has 0 fully saturated rings. The molecule has 3 rings (SSSR count). The zero-order valence-corrected chi connectivity index (χ0v) is 11.4. The summed E-state index contributed by atoms with van der Waals surface area (Å²) >= 11 is 0. The lowest BCUT2D eigenvalue weighted by molar-refractivity contribution is 0.413. The highest BCUT2D eigenvalue weighted by atomic mass is 19.1. The molecule has 0 saturated carbocycles. The number of nitrogens with zero attached hydrogens (tertiary/aromatic N) is 4. The standard InChI is InChI=1S/C15H9FN4O2/c1-21-12-5-9(7-17)4-10(6-12)15-19-14(20-22-15)13-3-2-11(16)8-18-13/h2-6,8H,1H3. The lowest BCUT2D eigenvalue weighted by atomic mass is 10.1. The van der Waals surface area contributed by atoms with Crippen LogP contribution in [0.25, 0.3) is 23.0 Å². The van der Waals surface area contributed by atoms with E-state index in [1.807, 2.05) is 6.07 Å². The van der Waals surface area contributed by atoms with E-state index < -0.39 is 5.82 Å². The Kier molecular flexibility index (Phi) is 3.50. The number of aromatic nitrogens is 3. The molecule has 6 nitrogen and oxygen atoms in total. The molecule has 2 aromatic heterocycles. The van der Waals surface area contributed by atoms with Gasteiger partial charge in [0.05, 0.1) is 24.9 Å². The Morgan fingerprint density at radius 1 is 1.27 bits per heavy atom. The van der Waals surface area contributed by atoms with Crippen LogP contribution in [0.1, 0.15) is 5.56 Å². The fraction of sp³-hybridized carbons (Fsp3) is 0.0667. The van der Waals surface area contributed by atoms with Crippen LogP contribution < -0.4 is 4.74 Å². The number of rotatable bonds is 3. The quantitative estimate of drug-likeness (QED) is 0.738. The van der Waals surface area contributed by atoms with Crippen molar-refractivity contribution in [1.29, 1.82) is 5.26 Å². The van der Waals surface area contributed by atoms with Crippen LogP contribution in [0.3, 0.4) is 0 Å². The molecule has 0 aliphatic heterocycles. The first-order valence-corrected chi connectivity index (χ1v) is 6.25. The number of hydrogen-bond donors (Lipinski definition) is 0. The third kappa shape index (κ3) is 2.62. The van der Waals surface area contributed by atoms with Gasteiger partial charge in [0, 0.05) is 5.56 Å². The van der Waals surface area contributed by atoms with E-state index in [-0.39, 0.29) is 11.7 Å². The summed E-state index contributed by atoms with van der Waals surface area (Å²) in [7, 11) is 1.50. The average molecular weight is 296 g/mol. The molecule has 7 heteroatoms. The van der Waals surface area contributed by atoms with E-state index >= 15 is 0 Å². The van der Waals surface area contributed by atoms with E-state index in [9.17, 15) is 4.39 Å². The van der Waals surface area contributed by atoms with Crippen molar-refractivity contribution in [1.82, 2.24) is 15.1 Å². The minimum Gasteiger partial charge on any atom is -0.497 e. The van der Waals surface area contributed by atoms with Crippen molar-refractivity contribution in [2.45, 2.75) is 0 Å². The third-order valence-electron chi connectivity index (χ3n) is 2.90. The highest BCUT2D eigenvalue weighted by molar-refractivity contribution is 5.61. The van der Waals surface area contributed by atoms with Gasteiger partial charge in [-0.1, -0.05) is 5.16 Å². The molecule has 0 amide bonds. The number of hydrogen-bond acceptors (Lipinski definition) is 6. The molecule has 0 N–H and O–H groups in total. The van der Waals surface area contributed by atoms with Gasteiger partial charge in [0.2, 0.25) is 5.82 Å². The summed E-state index contributed by atoms with van der Waals surface area (Å²) in [6.07, 6.45) is 1.07. The van der Waals surface area contributed by atoms with Gasteiger partial charge in [-0.25, -0.2) is 9.37 Å². The van der Waals surface area contributed by atoms with Gasteiger partial charge in [-0.15, -0.1) is 0 Å². The van der Waals surface area contributed by atoms with Crippen LogP contribution in [0.15, 0.2) is 41.1 Å². The van der Waals surface area contributed by atoms with Crippen molar-refractivity contribution >= 4 is 0 Å². The molecule has 0 aliphatic carbocycles. The third-order valence-corrected chi connectivity index (χ3v) is 2.90. The van der Waals surface area contributed by atoms with Crippen LogP contribution in [0, 0.1) is 17.1 Å². The molecule has 0 saturated heterocycles. The van der Waals surface area contributed by atoms with E-state index in [0.717, 1.165) is 6.20 Å². The van der Waals surface area contributed by atoms with Crippen LogP contribution >= 0.6 is 0 Å². The summed E-state index contributed by atoms with van der Waals surface area (Å²) in [4.78, 5) is 8.09. The molecule has 0 spiro atoms. The lowest BCUT2D eigenvalue weighted by Gasteiger charge is -2.01. The molecule has 0 bridgehead atoms. The summed E-state index contributed by atoms with van der Waals surface area (Å²) < 4.78 is 23.2. The molecular weight excluding hydrogens is 287 g/mol. The van der Waals surface area contributed by atoms with E-state index in [2.05, 4.69) is 15.1 Å². The molecule has 0 atom stereocenters. The van der Waals surface area contributed by atoms with Gasteiger partial charge in [-0.05, 0) is 30.3 Å². The van der Waals surface area contributed by atoms with Gasteiger partial charge in [-0.2, -0.15) is 10.2 Å². The van der Waals surface area contributed by atoms with E-state index in [0.29, 0.717) is 22.6 Å². The zero-order chi connectivity index (χ0) is 15.5. The van der Waals surface area contributed by atoms with Crippen molar-refractivity contribution in [3.05, 3.63) is 47.9 Å². The summed E-state index contributed by atoms with van der Waals surface area (Å²) in [5.74, 6) is 0.514. The molecule has 0 radical (unpaired) electrons. The number of methoxy groups -OCH3 is 1. The molecule has 2 heterocycles. The molecule has 1 aromatic carbocycles. The van der Waals surface area contributed by atoms with Crippen molar-refractivity contribution in [3.63, 3.8) is 0 Å². The van der Waals surface area contributed by atoms with Gasteiger partial charge in [-0.3, -0.25) is 0 Å². The summed E-state index contributed by atoms with van der Waals surface area (Å²) in [5.41, 5.74) is 1.35. The number of ether oxygens (including phenoxy) is 1. The fourth-order valence-electron chi connectivity index (χ4n) is 1.86. The first-order valence-electron chi connectivity index (χ1n) is 6.25. The van der Waals surface area contributed by atoms with Crippen LogP contribution in [-0.2, 0) is 0 Å². The van der Waals surface area contributed by atoms with E-state index in [1.165, 1.54) is 19.2 Å². The molecule has 0 aliphatic rings. The Morgan fingerprint density at radius 2 is 2.14 bits per heavy atom. The van der Waals surface area contributed by atoms with Crippen molar-refractivity contribution in [3.8, 4) is 34.8 Å². The molecular formula is C15H9FN4O2. The van der Waals surface area contributed by atoms with E-state index in [1.54, 1.807) is 18.2 Å². The van der Waals surface area contributed by atoms with Crippen molar-refractivity contribution in [2.75, 3.05) is 7.11 Å². The van der Waals surface area contributed by atoms with E-state index in [4.69, 9.17) is 14.5 Å². The number of halogens is 1. The molecule has 0 unspecified atom stereocenters. The normalized spacial score (nSPS) is 10.2. The van der Waals surface area contributed by atoms with Gasteiger partial charge in [0.1, 0.15) is 17.3 Å². The van der Waals surface area contributed by atoms with Crippen LogP contribution in [0.5, 0.6) is 5.75 Å². The Morgan fingerprint density at radius 3 is 2.82 bits per heavy atom. The maximum atomic E-state index is 12.9. The monoisotopic (exact) mass is 296 g/mol. The second kappa shape index (κ2) is 5.61. The summed E-state index contributed by atoms with van der Waals surface area (Å²) in [6, 6.07) is 9.63. The van der Waals surface area contributed by atoms with Crippen LogP contribution in [0.4, 0.5) is 4.39 Å². The van der Waals surface area contributed by atoms with Crippen LogP contribution in [0.2, 0.25) is 0 Å². The van der Waals surface area contributed by atoms with Crippen molar-refractivity contribution in [2.24, 2.45) is 0 Å². The number of nitriles is 1. The maximum absolute atomic E-state index is 12.9. The number of benzene rings is 1. The van der Waals surface area contributed by atoms with Gasteiger partial charge in [0.25, 0.3) is 5.89 Å². The van der Waals surface area contributed by atoms with Crippen LogP contribution in [-0.4, -0.2) is 22.2 Å². The fourth-order valence-corrected chi connectivity index (χ4v) is 1.86. The van der Waals surface area contributed by atoms with Gasteiger partial charge < -0.3 is 9.26 Å². The molecule has 22 heavy (non-hydrogen) atoms. The predicted octanol–water partition coefficient (Wildman–Crippen LogP) is 2.82. The van der Waals surface area contributed by atoms with Gasteiger partial charge >= 0.3 is 0 Å². The minimum atomic E-state index is -0.445. The SMILES string of the molecule is COc1cc(C#N)cc(-c2nc(-c3ccc(F)cn3)no2)c1. The minimum absolute atomic E-state index is 0.219. The first-order chi connectivity index (χ1) is 10.7. The first kappa shape index (κ1) is 13.7. The van der Waals surface area contributed by atoms with Crippen molar-refractivity contribution < 1.29 is 13.7 Å². The number of pyridine rings is 1. The second-order valence-corrected chi connectivity index (χ2v) is 4.35. The summed E-state index contributed by atoms with van der Waals surface area (Å²) in [5, 5.41) is 12.8.